The molecule has 3 aromatic rings. The van der Waals surface area contributed by atoms with Crippen LogP contribution in [0.2, 0.25) is 0 Å². The van der Waals surface area contributed by atoms with Gasteiger partial charge in [-0.2, -0.15) is 0 Å². The first-order valence-electron chi connectivity index (χ1n) is 9.91. The molecule has 144 valence electrons. The molecule has 0 spiro atoms. The van der Waals surface area contributed by atoms with Crippen molar-refractivity contribution in [2.75, 3.05) is 19.8 Å². The minimum Gasteiger partial charge on any atom is -0.486 e. The lowest BCUT2D eigenvalue weighted by atomic mass is 10.0. The van der Waals surface area contributed by atoms with Crippen molar-refractivity contribution < 1.29 is 13.9 Å². The lowest BCUT2D eigenvalue weighted by molar-refractivity contribution is 0.170. The van der Waals surface area contributed by atoms with Gasteiger partial charge in [-0.15, -0.1) is 0 Å². The van der Waals surface area contributed by atoms with Gasteiger partial charge in [0.1, 0.15) is 19.5 Å². The zero-order valence-electron chi connectivity index (χ0n) is 16.1. The SMILES string of the molecule is Cc1ccc(-c2nc(CN3CCC[C@@H]3c3ccc4c(c3)OCCO4)co2)cc1. The third-order valence-electron chi connectivity index (χ3n) is 5.53. The van der Waals surface area contributed by atoms with Crippen LogP contribution in [0.4, 0.5) is 0 Å². The Balaban J connectivity index is 1.33. The average Bonchev–Trinajstić information content (AvgIpc) is 3.38. The number of ether oxygens (including phenoxy) is 2. The third kappa shape index (κ3) is 3.38. The molecule has 2 aliphatic heterocycles. The quantitative estimate of drug-likeness (QED) is 0.657. The van der Waals surface area contributed by atoms with Crippen molar-refractivity contribution in [3.8, 4) is 23.0 Å². The second kappa shape index (κ2) is 7.32. The molecule has 0 bridgehead atoms. The van der Waals surface area contributed by atoms with Crippen LogP contribution in [0, 0.1) is 6.92 Å². The van der Waals surface area contributed by atoms with E-state index in [2.05, 4.69) is 48.2 Å². The number of hydrogen-bond donors (Lipinski definition) is 0. The second-order valence-electron chi connectivity index (χ2n) is 7.54. The van der Waals surface area contributed by atoms with Gasteiger partial charge >= 0.3 is 0 Å². The number of benzene rings is 2. The molecule has 5 rings (SSSR count). The summed E-state index contributed by atoms with van der Waals surface area (Å²) in [5.41, 5.74) is 4.50. The molecule has 0 saturated carbocycles. The molecule has 0 aliphatic carbocycles. The van der Waals surface area contributed by atoms with Gasteiger partial charge in [0, 0.05) is 18.2 Å². The molecule has 1 atom stereocenters. The van der Waals surface area contributed by atoms with Crippen molar-refractivity contribution in [3.63, 3.8) is 0 Å². The summed E-state index contributed by atoms with van der Waals surface area (Å²) in [4.78, 5) is 7.19. The van der Waals surface area contributed by atoms with Crippen LogP contribution in [0.25, 0.3) is 11.5 Å². The molecular weight excluding hydrogens is 352 g/mol. The van der Waals surface area contributed by atoms with E-state index in [-0.39, 0.29) is 0 Å². The Labute approximate surface area is 164 Å². The zero-order valence-corrected chi connectivity index (χ0v) is 16.1. The summed E-state index contributed by atoms with van der Waals surface area (Å²) in [5.74, 6) is 2.39. The summed E-state index contributed by atoms with van der Waals surface area (Å²) >= 11 is 0. The van der Waals surface area contributed by atoms with Crippen LogP contribution in [0.3, 0.4) is 0 Å². The Bertz CT molecular complexity index is 964. The highest BCUT2D eigenvalue weighted by molar-refractivity contribution is 5.53. The average molecular weight is 376 g/mol. The van der Waals surface area contributed by atoms with Crippen molar-refractivity contribution in [2.45, 2.75) is 32.4 Å². The Kier molecular flexibility index (Phi) is 4.53. The fraction of sp³-hybridized carbons (Fsp3) is 0.348. The van der Waals surface area contributed by atoms with Crippen LogP contribution >= 0.6 is 0 Å². The number of rotatable bonds is 4. The maximum absolute atomic E-state index is 5.77. The lowest BCUT2D eigenvalue weighted by Crippen LogP contribution is -2.23. The van der Waals surface area contributed by atoms with Gasteiger partial charge in [-0.1, -0.05) is 23.8 Å². The number of likely N-dealkylation sites (tertiary alicyclic amines) is 1. The van der Waals surface area contributed by atoms with Gasteiger partial charge in [0.05, 0.1) is 5.69 Å². The Morgan fingerprint density at radius 2 is 1.86 bits per heavy atom. The predicted molar refractivity (Wildman–Crippen MR) is 106 cm³/mol. The van der Waals surface area contributed by atoms with Crippen LogP contribution in [-0.4, -0.2) is 29.6 Å². The molecule has 0 unspecified atom stereocenters. The van der Waals surface area contributed by atoms with E-state index in [1.807, 2.05) is 6.07 Å². The van der Waals surface area contributed by atoms with Gasteiger partial charge in [0.25, 0.3) is 0 Å². The Morgan fingerprint density at radius 1 is 1.04 bits per heavy atom. The van der Waals surface area contributed by atoms with E-state index in [9.17, 15) is 0 Å². The van der Waals surface area contributed by atoms with Gasteiger partial charge in [-0.05, 0) is 56.1 Å². The minimum absolute atomic E-state index is 0.371. The third-order valence-corrected chi connectivity index (χ3v) is 5.53. The van der Waals surface area contributed by atoms with E-state index < -0.39 is 0 Å². The van der Waals surface area contributed by atoms with Crippen molar-refractivity contribution in [3.05, 3.63) is 65.5 Å². The highest BCUT2D eigenvalue weighted by Gasteiger charge is 2.28. The second-order valence-corrected chi connectivity index (χ2v) is 7.54. The van der Waals surface area contributed by atoms with Crippen LogP contribution in [-0.2, 0) is 6.54 Å². The summed E-state index contributed by atoms with van der Waals surface area (Å²) in [6.07, 6.45) is 4.11. The van der Waals surface area contributed by atoms with E-state index in [4.69, 9.17) is 18.9 Å². The summed E-state index contributed by atoms with van der Waals surface area (Å²) < 4.78 is 17.2. The Morgan fingerprint density at radius 3 is 2.71 bits per heavy atom. The first-order valence-corrected chi connectivity index (χ1v) is 9.91. The van der Waals surface area contributed by atoms with Gasteiger partial charge in [-0.3, -0.25) is 4.90 Å². The molecule has 3 heterocycles. The first-order chi connectivity index (χ1) is 13.8. The molecule has 5 nitrogen and oxygen atoms in total. The molecule has 2 aromatic carbocycles. The van der Waals surface area contributed by atoms with E-state index in [0.29, 0.717) is 25.1 Å². The van der Waals surface area contributed by atoms with E-state index in [0.717, 1.165) is 42.3 Å². The standard InChI is InChI=1S/C23H24N2O3/c1-16-4-6-17(7-5-16)23-24-19(15-28-23)14-25-10-2-3-20(25)18-8-9-21-22(13-18)27-12-11-26-21/h4-9,13,15,20H,2-3,10-12,14H2,1H3/t20-/m1/s1. The van der Waals surface area contributed by atoms with Crippen molar-refractivity contribution in [1.82, 2.24) is 9.88 Å². The summed E-state index contributed by atoms with van der Waals surface area (Å²) in [6, 6.07) is 15.0. The zero-order chi connectivity index (χ0) is 18.9. The number of aryl methyl sites for hydroxylation is 1. The smallest absolute Gasteiger partial charge is 0.226 e. The first kappa shape index (κ1) is 17.3. The van der Waals surface area contributed by atoms with Gasteiger partial charge in [0.2, 0.25) is 5.89 Å². The molecule has 1 saturated heterocycles. The summed E-state index contributed by atoms with van der Waals surface area (Å²) in [5, 5.41) is 0. The van der Waals surface area contributed by atoms with E-state index >= 15 is 0 Å². The topological polar surface area (TPSA) is 47.7 Å². The molecular formula is C23H24N2O3. The fourth-order valence-corrected chi connectivity index (χ4v) is 4.08. The van der Waals surface area contributed by atoms with Gasteiger partial charge in [-0.25, -0.2) is 4.98 Å². The number of nitrogens with zero attached hydrogens (tertiary/aromatic N) is 2. The van der Waals surface area contributed by atoms with Crippen LogP contribution in [0.15, 0.2) is 53.1 Å². The lowest BCUT2D eigenvalue weighted by Gasteiger charge is -2.25. The van der Waals surface area contributed by atoms with Crippen LogP contribution in [0.5, 0.6) is 11.5 Å². The minimum atomic E-state index is 0.371. The Hall–Kier alpha value is -2.79. The van der Waals surface area contributed by atoms with Crippen molar-refractivity contribution in [1.29, 1.82) is 0 Å². The number of fused-ring (bicyclic) bond motifs is 1. The fourth-order valence-electron chi connectivity index (χ4n) is 4.08. The van der Waals surface area contributed by atoms with E-state index in [1.165, 1.54) is 17.5 Å². The number of hydrogen-bond acceptors (Lipinski definition) is 5. The highest BCUT2D eigenvalue weighted by Crippen LogP contribution is 2.38. The summed E-state index contributed by atoms with van der Waals surface area (Å²) in [6.45, 7) is 5.17. The molecule has 28 heavy (non-hydrogen) atoms. The van der Waals surface area contributed by atoms with Crippen molar-refractivity contribution in [2.24, 2.45) is 0 Å². The largest absolute Gasteiger partial charge is 0.486 e. The number of aromatic nitrogens is 1. The summed E-state index contributed by atoms with van der Waals surface area (Å²) in [7, 11) is 0. The molecule has 2 aliphatic rings. The molecule has 1 aromatic heterocycles. The molecule has 0 N–H and O–H groups in total. The normalized spacial score (nSPS) is 19.1. The van der Waals surface area contributed by atoms with E-state index in [1.54, 1.807) is 6.26 Å². The van der Waals surface area contributed by atoms with Crippen LogP contribution in [0.1, 0.15) is 35.7 Å². The predicted octanol–water partition coefficient (Wildman–Crippen LogP) is 4.76. The molecule has 5 heteroatoms. The van der Waals surface area contributed by atoms with Crippen LogP contribution < -0.4 is 9.47 Å². The van der Waals surface area contributed by atoms with Crippen molar-refractivity contribution >= 4 is 0 Å². The maximum atomic E-state index is 5.77. The molecule has 0 amide bonds. The highest BCUT2D eigenvalue weighted by atomic mass is 16.6. The molecule has 1 fully saturated rings. The maximum Gasteiger partial charge on any atom is 0.226 e. The monoisotopic (exact) mass is 376 g/mol. The number of oxazole rings is 1. The van der Waals surface area contributed by atoms with Gasteiger partial charge in [0.15, 0.2) is 11.5 Å². The van der Waals surface area contributed by atoms with Gasteiger partial charge < -0.3 is 13.9 Å². The molecule has 0 radical (unpaired) electrons.